The SMILES string of the molecule is NC(=O)c1ccc(NC(=O)c2n[nH]c3c2CCC3)cc1. The fourth-order valence-electron chi connectivity index (χ4n) is 2.42. The largest absolute Gasteiger partial charge is 0.366 e. The molecule has 102 valence electrons. The molecule has 0 saturated heterocycles. The van der Waals surface area contributed by atoms with E-state index in [1.165, 1.54) is 0 Å². The Morgan fingerprint density at radius 3 is 2.65 bits per heavy atom. The Morgan fingerprint density at radius 2 is 1.95 bits per heavy atom. The van der Waals surface area contributed by atoms with Crippen LogP contribution in [0.4, 0.5) is 5.69 Å². The third-order valence-corrected chi connectivity index (χ3v) is 3.45. The smallest absolute Gasteiger partial charge is 0.276 e. The molecule has 1 heterocycles. The zero-order valence-corrected chi connectivity index (χ0v) is 10.8. The number of hydrogen-bond donors (Lipinski definition) is 3. The lowest BCUT2D eigenvalue weighted by Crippen LogP contribution is -2.15. The summed E-state index contributed by atoms with van der Waals surface area (Å²) in [4.78, 5) is 23.1. The van der Waals surface area contributed by atoms with E-state index < -0.39 is 5.91 Å². The first kappa shape index (κ1) is 12.4. The van der Waals surface area contributed by atoms with E-state index in [0.29, 0.717) is 16.9 Å². The summed E-state index contributed by atoms with van der Waals surface area (Å²) >= 11 is 0. The molecule has 1 aliphatic carbocycles. The van der Waals surface area contributed by atoms with Crippen LogP contribution in [0.2, 0.25) is 0 Å². The van der Waals surface area contributed by atoms with Crippen molar-refractivity contribution in [1.82, 2.24) is 10.2 Å². The highest BCUT2D eigenvalue weighted by Gasteiger charge is 2.22. The third-order valence-electron chi connectivity index (χ3n) is 3.45. The van der Waals surface area contributed by atoms with Gasteiger partial charge in [0, 0.05) is 22.5 Å². The van der Waals surface area contributed by atoms with Crippen molar-refractivity contribution in [2.45, 2.75) is 19.3 Å². The van der Waals surface area contributed by atoms with E-state index in [1.54, 1.807) is 24.3 Å². The summed E-state index contributed by atoms with van der Waals surface area (Å²) in [5.41, 5.74) is 8.70. The predicted octanol–water partition coefficient (Wildman–Crippen LogP) is 1.25. The van der Waals surface area contributed by atoms with Crippen molar-refractivity contribution in [2.75, 3.05) is 5.32 Å². The summed E-state index contributed by atoms with van der Waals surface area (Å²) in [5, 5.41) is 9.74. The molecule has 2 amide bonds. The van der Waals surface area contributed by atoms with Gasteiger partial charge in [-0.3, -0.25) is 14.7 Å². The first-order valence-corrected chi connectivity index (χ1v) is 6.42. The van der Waals surface area contributed by atoms with Gasteiger partial charge in [0.1, 0.15) is 0 Å². The molecule has 0 aliphatic heterocycles. The van der Waals surface area contributed by atoms with Crippen LogP contribution in [-0.4, -0.2) is 22.0 Å². The molecule has 0 unspecified atom stereocenters. The lowest BCUT2D eigenvalue weighted by atomic mass is 10.1. The molecule has 0 bridgehead atoms. The number of benzene rings is 1. The fraction of sp³-hybridized carbons (Fsp3) is 0.214. The van der Waals surface area contributed by atoms with Gasteiger partial charge >= 0.3 is 0 Å². The van der Waals surface area contributed by atoms with Gasteiger partial charge < -0.3 is 11.1 Å². The molecule has 1 aliphatic rings. The maximum absolute atomic E-state index is 12.2. The van der Waals surface area contributed by atoms with Gasteiger partial charge in [-0.05, 0) is 43.5 Å². The van der Waals surface area contributed by atoms with Crippen LogP contribution in [0.5, 0.6) is 0 Å². The predicted molar refractivity (Wildman–Crippen MR) is 73.5 cm³/mol. The lowest BCUT2D eigenvalue weighted by Gasteiger charge is -2.04. The van der Waals surface area contributed by atoms with Crippen molar-refractivity contribution in [2.24, 2.45) is 5.73 Å². The first-order chi connectivity index (χ1) is 9.65. The number of nitrogens with one attached hydrogen (secondary N) is 2. The highest BCUT2D eigenvalue weighted by atomic mass is 16.2. The summed E-state index contributed by atoms with van der Waals surface area (Å²) < 4.78 is 0. The molecule has 4 N–H and O–H groups in total. The van der Waals surface area contributed by atoms with Gasteiger partial charge in [0.15, 0.2) is 5.69 Å². The van der Waals surface area contributed by atoms with Gasteiger partial charge in [0.25, 0.3) is 5.91 Å². The number of H-pyrrole nitrogens is 1. The van der Waals surface area contributed by atoms with Crippen LogP contribution in [0.25, 0.3) is 0 Å². The van der Waals surface area contributed by atoms with Gasteiger partial charge in [0.05, 0.1) is 0 Å². The number of nitrogens with zero attached hydrogens (tertiary/aromatic N) is 1. The Hall–Kier alpha value is -2.63. The molecule has 0 saturated carbocycles. The van der Waals surface area contributed by atoms with E-state index in [4.69, 9.17) is 5.73 Å². The molecule has 3 rings (SSSR count). The first-order valence-electron chi connectivity index (χ1n) is 6.42. The number of fused-ring (bicyclic) bond motifs is 1. The number of amides is 2. The van der Waals surface area contributed by atoms with Gasteiger partial charge in [-0.1, -0.05) is 0 Å². The fourth-order valence-corrected chi connectivity index (χ4v) is 2.42. The second-order valence-corrected chi connectivity index (χ2v) is 4.78. The Kier molecular flexibility index (Phi) is 2.98. The van der Waals surface area contributed by atoms with Crippen molar-refractivity contribution in [3.8, 4) is 0 Å². The number of aromatic nitrogens is 2. The van der Waals surface area contributed by atoms with E-state index in [2.05, 4.69) is 15.5 Å². The number of carbonyl (C=O) groups excluding carboxylic acids is 2. The molecular formula is C14H14N4O2. The molecule has 20 heavy (non-hydrogen) atoms. The van der Waals surface area contributed by atoms with Gasteiger partial charge in [-0.25, -0.2) is 0 Å². The van der Waals surface area contributed by atoms with E-state index >= 15 is 0 Å². The molecule has 2 aromatic rings. The van der Waals surface area contributed by atoms with E-state index in [0.717, 1.165) is 30.5 Å². The zero-order chi connectivity index (χ0) is 14.1. The molecular weight excluding hydrogens is 256 g/mol. The number of hydrogen-bond acceptors (Lipinski definition) is 3. The second-order valence-electron chi connectivity index (χ2n) is 4.78. The Morgan fingerprint density at radius 1 is 1.20 bits per heavy atom. The number of carbonyl (C=O) groups is 2. The van der Waals surface area contributed by atoms with Crippen molar-refractivity contribution in [3.63, 3.8) is 0 Å². The normalized spacial score (nSPS) is 13.0. The number of aromatic amines is 1. The van der Waals surface area contributed by atoms with Crippen LogP contribution in [0, 0.1) is 0 Å². The van der Waals surface area contributed by atoms with Gasteiger partial charge in [-0.2, -0.15) is 5.10 Å². The number of aryl methyl sites for hydroxylation is 1. The topological polar surface area (TPSA) is 101 Å². The molecule has 1 aromatic carbocycles. The molecule has 0 radical (unpaired) electrons. The maximum Gasteiger partial charge on any atom is 0.276 e. The van der Waals surface area contributed by atoms with Gasteiger partial charge in [-0.15, -0.1) is 0 Å². The van der Waals surface area contributed by atoms with Crippen molar-refractivity contribution in [3.05, 3.63) is 46.8 Å². The molecule has 6 heteroatoms. The van der Waals surface area contributed by atoms with E-state index in [9.17, 15) is 9.59 Å². The standard InChI is InChI=1S/C14H14N4O2/c15-13(19)8-4-6-9(7-5-8)16-14(20)12-10-2-1-3-11(10)17-18-12/h4-7H,1-3H2,(H2,15,19)(H,16,20)(H,17,18). The van der Waals surface area contributed by atoms with Crippen molar-refractivity contribution in [1.29, 1.82) is 0 Å². The molecule has 1 aromatic heterocycles. The molecule has 6 nitrogen and oxygen atoms in total. The summed E-state index contributed by atoms with van der Waals surface area (Å²) in [7, 11) is 0. The average molecular weight is 270 g/mol. The summed E-state index contributed by atoms with van der Waals surface area (Å²) in [6, 6.07) is 6.44. The molecule has 0 spiro atoms. The van der Waals surface area contributed by atoms with Crippen molar-refractivity contribution >= 4 is 17.5 Å². The Balaban J connectivity index is 1.77. The molecule has 0 atom stereocenters. The number of primary amides is 1. The number of nitrogens with two attached hydrogens (primary N) is 1. The highest BCUT2D eigenvalue weighted by Crippen LogP contribution is 2.23. The van der Waals surface area contributed by atoms with Crippen LogP contribution in [0.3, 0.4) is 0 Å². The lowest BCUT2D eigenvalue weighted by molar-refractivity contribution is 0.0997. The number of anilines is 1. The van der Waals surface area contributed by atoms with Crippen LogP contribution in [0.15, 0.2) is 24.3 Å². The van der Waals surface area contributed by atoms with Gasteiger partial charge in [0.2, 0.25) is 5.91 Å². The third kappa shape index (κ3) is 2.16. The number of rotatable bonds is 3. The minimum Gasteiger partial charge on any atom is -0.366 e. The monoisotopic (exact) mass is 270 g/mol. The minimum absolute atomic E-state index is 0.240. The van der Waals surface area contributed by atoms with Crippen LogP contribution < -0.4 is 11.1 Å². The molecule has 0 fully saturated rings. The maximum atomic E-state index is 12.2. The van der Waals surface area contributed by atoms with Crippen LogP contribution in [0.1, 0.15) is 38.5 Å². The van der Waals surface area contributed by atoms with Crippen molar-refractivity contribution < 1.29 is 9.59 Å². The van der Waals surface area contributed by atoms with Crippen LogP contribution >= 0.6 is 0 Å². The van der Waals surface area contributed by atoms with Crippen LogP contribution in [-0.2, 0) is 12.8 Å². The second kappa shape index (κ2) is 4.80. The summed E-state index contributed by atoms with van der Waals surface area (Å²) in [6.45, 7) is 0. The minimum atomic E-state index is -0.493. The summed E-state index contributed by atoms with van der Waals surface area (Å²) in [5.74, 6) is -0.732. The quantitative estimate of drug-likeness (QED) is 0.782. The Labute approximate surface area is 115 Å². The average Bonchev–Trinajstić information content (AvgIpc) is 3.01. The van der Waals surface area contributed by atoms with E-state index in [-0.39, 0.29) is 5.91 Å². The highest BCUT2D eigenvalue weighted by molar-refractivity contribution is 6.04. The Bertz CT molecular complexity index is 673. The van der Waals surface area contributed by atoms with E-state index in [1.807, 2.05) is 0 Å². The zero-order valence-electron chi connectivity index (χ0n) is 10.8. The summed E-state index contributed by atoms with van der Waals surface area (Å²) in [6.07, 6.45) is 2.88.